The number of hydrogen-bond acceptors (Lipinski definition) is 2. The standard InChI is InChI=1S/C17H18BrFN2/c18-14-6-7-15(16(19)10-14)17(21-20)9-11-4-5-12-2-1-3-13(12)8-11/h4-8,10,17,21H,1-3,9,20H2. The molecule has 0 amide bonds. The Kier molecular flexibility index (Phi) is 4.38. The summed E-state index contributed by atoms with van der Waals surface area (Å²) in [6, 6.07) is 11.4. The zero-order valence-corrected chi connectivity index (χ0v) is 13.3. The fourth-order valence-electron chi connectivity index (χ4n) is 3.03. The normalized spacial score (nSPS) is 15.0. The maximum atomic E-state index is 14.1. The van der Waals surface area contributed by atoms with Gasteiger partial charge in [-0.3, -0.25) is 11.3 Å². The molecule has 0 heterocycles. The van der Waals surface area contributed by atoms with Gasteiger partial charge >= 0.3 is 0 Å². The monoisotopic (exact) mass is 348 g/mol. The summed E-state index contributed by atoms with van der Waals surface area (Å²) in [5, 5.41) is 0. The number of nitrogens with two attached hydrogens (primary N) is 1. The number of hydrazine groups is 1. The van der Waals surface area contributed by atoms with Crippen LogP contribution in [-0.2, 0) is 19.3 Å². The Bertz CT molecular complexity index is 657. The Balaban J connectivity index is 1.84. The molecule has 21 heavy (non-hydrogen) atoms. The van der Waals surface area contributed by atoms with E-state index in [1.807, 2.05) is 6.07 Å². The minimum absolute atomic E-state index is 0.224. The molecule has 0 bridgehead atoms. The second kappa shape index (κ2) is 6.26. The summed E-state index contributed by atoms with van der Waals surface area (Å²) in [6.07, 6.45) is 4.24. The number of aryl methyl sites for hydroxylation is 2. The third-order valence-corrected chi connectivity index (χ3v) is 4.64. The van der Waals surface area contributed by atoms with Crippen molar-refractivity contribution in [2.75, 3.05) is 0 Å². The van der Waals surface area contributed by atoms with Crippen molar-refractivity contribution in [3.63, 3.8) is 0 Å². The highest BCUT2D eigenvalue weighted by Crippen LogP contribution is 2.27. The highest BCUT2D eigenvalue weighted by molar-refractivity contribution is 9.10. The Hall–Kier alpha value is -1.23. The van der Waals surface area contributed by atoms with E-state index in [4.69, 9.17) is 5.84 Å². The molecule has 0 saturated heterocycles. The molecule has 0 fully saturated rings. The van der Waals surface area contributed by atoms with Crippen LogP contribution in [0.1, 0.15) is 34.7 Å². The predicted molar refractivity (Wildman–Crippen MR) is 86.3 cm³/mol. The lowest BCUT2D eigenvalue weighted by atomic mass is 9.96. The van der Waals surface area contributed by atoms with Crippen LogP contribution in [0.5, 0.6) is 0 Å². The van der Waals surface area contributed by atoms with E-state index in [0.717, 1.165) is 10.9 Å². The second-order valence-corrected chi connectivity index (χ2v) is 6.46. The molecule has 2 aromatic rings. The summed E-state index contributed by atoms with van der Waals surface area (Å²) >= 11 is 3.28. The van der Waals surface area contributed by atoms with Gasteiger partial charge in [0.25, 0.3) is 0 Å². The Morgan fingerprint density at radius 2 is 1.95 bits per heavy atom. The van der Waals surface area contributed by atoms with Crippen LogP contribution in [-0.4, -0.2) is 0 Å². The van der Waals surface area contributed by atoms with E-state index in [9.17, 15) is 4.39 Å². The zero-order chi connectivity index (χ0) is 14.8. The summed E-state index contributed by atoms with van der Waals surface area (Å²) in [4.78, 5) is 0. The second-order valence-electron chi connectivity index (χ2n) is 5.55. The molecule has 1 aliphatic rings. The molecule has 0 radical (unpaired) electrons. The molecule has 0 saturated carbocycles. The van der Waals surface area contributed by atoms with Crippen LogP contribution >= 0.6 is 15.9 Å². The lowest BCUT2D eigenvalue weighted by Gasteiger charge is -2.18. The summed E-state index contributed by atoms with van der Waals surface area (Å²) in [5.74, 6) is 5.40. The largest absolute Gasteiger partial charge is 0.271 e. The van der Waals surface area contributed by atoms with Gasteiger partial charge in [0.1, 0.15) is 5.82 Å². The number of hydrogen-bond donors (Lipinski definition) is 2. The summed E-state index contributed by atoms with van der Waals surface area (Å²) in [6.45, 7) is 0. The van der Waals surface area contributed by atoms with Gasteiger partial charge < -0.3 is 0 Å². The van der Waals surface area contributed by atoms with E-state index < -0.39 is 0 Å². The van der Waals surface area contributed by atoms with Crippen molar-refractivity contribution in [1.29, 1.82) is 0 Å². The molecule has 4 heteroatoms. The Labute approximate surface area is 132 Å². The summed E-state index contributed by atoms with van der Waals surface area (Å²) in [7, 11) is 0. The molecular weight excluding hydrogens is 331 g/mol. The highest BCUT2D eigenvalue weighted by atomic mass is 79.9. The van der Waals surface area contributed by atoms with Crippen molar-refractivity contribution in [2.45, 2.75) is 31.7 Å². The van der Waals surface area contributed by atoms with E-state index in [2.05, 4.69) is 39.6 Å². The fourth-order valence-corrected chi connectivity index (χ4v) is 3.36. The van der Waals surface area contributed by atoms with Crippen LogP contribution in [0.3, 0.4) is 0 Å². The van der Waals surface area contributed by atoms with E-state index in [1.54, 1.807) is 6.07 Å². The maximum Gasteiger partial charge on any atom is 0.129 e. The van der Waals surface area contributed by atoms with Gasteiger partial charge in [0.05, 0.1) is 6.04 Å². The molecule has 2 aromatic carbocycles. The van der Waals surface area contributed by atoms with Crippen LogP contribution in [0, 0.1) is 5.82 Å². The first-order valence-electron chi connectivity index (χ1n) is 7.19. The van der Waals surface area contributed by atoms with Crippen molar-refractivity contribution >= 4 is 15.9 Å². The molecule has 0 aliphatic heterocycles. The van der Waals surface area contributed by atoms with Crippen molar-refractivity contribution in [1.82, 2.24) is 5.43 Å². The number of benzene rings is 2. The lowest BCUT2D eigenvalue weighted by molar-refractivity contribution is 0.510. The zero-order valence-electron chi connectivity index (χ0n) is 11.7. The molecule has 1 unspecified atom stereocenters. The Morgan fingerprint density at radius 3 is 2.71 bits per heavy atom. The molecule has 3 rings (SSSR count). The van der Waals surface area contributed by atoms with Gasteiger partial charge in [-0.1, -0.05) is 40.2 Å². The van der Waals surface area contributed by atoms with Gasteiger partial charge in [0.2, 0.25) is 0 Å². The topological polar surface area (TPSA) is 38.0 Å². The molecule has 110 valence electrons. The summed E-state index contributed by atoms with van der Waals surface area (Å²) < 4.78 is 14.8. The average Bonchev–Trinajstić information content (AvgIpc) is 2.93. The first-order chi connectivity index (χ1) is 10.2. The van der Waals surface area contributed by atoms with Crippen LogP contribution in [0.15, 0.2) is 40.9 Å². The van der Waals surface area contributed by atoms with Crippen molar-refractivity contribution in [2.24, 2.45) is 5.84 Å². The predicted octanol–water partition coefficient (Wildman–Crippen LogP) is 3.82. The molecule has 2 nitrogen and oxygen atoms in total. The number of fused-ring (bicyclic) bond motifs is 1. The first kappa shape index (κ1) is 14.7. The van der Waals surface area contributed by atoms with Crippen molar-refractivity contribution < 1.29 is 4.39 Å². The lowest BCUT2D eigenvalue weighted by Crippen LogP contribution is -2.30. The minimum atomic E-state index is -0.242. The quantitative estimate of drug-likeness (QED) is 0.651. The van der Waals surface area contributed by atoms with Gasteiger partial charge in [0.15, 0.2) is 0 Å². The van der Waals surface area contributed by atoms with Gasteiger partial charge in [0, 0.05) is 10.0 Å². The van der Waals surface area contributed by atoms with E-state index in [0.29, 0.717) is 12.0 Å². The van der Waals surface area contributed by atoms with Crippen LogP contribution < -0.4 is 11.3 Å². The number of halogens is 2. The van der Waals surface area contributed by atoms with Crippen LogP contribution in [0.2, 0.25) is 0 Å². The van der Waals surface area contributed by atoms with E-state index in [1.165, 1.54) is 35.6 Å². The number of rotatable bonds is 4. The third kappa shape index (κ3) is 3.18. The van der Waals surface area contributed by atoms with Gasteiger partial charge in [-0.05, 0) is 54.5 Å². The molecule has 0 spiro atoms. The maximum absolute atomic E-state index is 14.1. The van der Waals surface area contributed by atoms with Gasteiger partial charge in [-0.2, -0.15) is 0 Å². The van der Waals surface area contributed by atoms with Crippen LogP contribution in [0.25, 0.3) is 0 Å². The molecular formula is C17H18BrFN2. The van der Waals surface area contributed by atoms with E-state index >= 15 is 0 Å². The molecule has 3 N–H and O–H groups in total. The minimum Gasteiger partial charge on any atom is -0.271 e. The van der Waals surface area contributed by atoms with Crippen LogP contribution in [0.4, 0.5) is 4.39 Å². The van der Waals surface area contributed by atoms with E-state index in [-0.39, 0.29) is 11.9 Å². The molecule has 0 aromatic heterocycles. The first-order valence-corrected chi connectivity index (χ1v) is 7.98. The molecule has 1 aliphatic carbocycles. The molecule has 1 atom stereocenters. The average molecular weight is 349 g/mol. The van der Waals surface area contributed by atoms with Gasteiger partial charge in [-0.25, -0.2) is 4.39 Å². The highest BCUT2D eigenvalue weighted by Gasteiger charge is 2.17. The van der Waals surface area contributed by atoms with Crippen molar-refractivity contribution in [3.05, 3.63) is 68.9 Å². The fraction of sp³-hybridized carbons (Fsp3) is 0.294. The Morgan fingerprint density at radius 1 is 1.14 bits per heavy atom. The van der Waals surface area contributed by atoms with Gasteiger partial charge in [-0.15, -0.1) is 0 Å². The number of nitrogens with one attached hydrogen (secondary N) is 1. The SMILES string of the molecule is NNC(Cc1ccc2c(c1)CCC2)c1ccc(Br)cc1F. The van der Waals surface area contributed by atoms with Crippen molar-refractivity contribution in [3.8, 4) is 0 Å². The third-order valence-electron chi connectivity index (χ3n) is 4.14. The summed E-state index contributed by atoms with van der Waals surface area (Å²) in [5.41, 5.74) is 7.41. The smallest absolute Gasteiger partial charge is 0.129 e.